The molecular formula is C14H25NO2. The van der Waals surface area contributed by atoms with Gasteiger partial charge in [-0.15, -0.1) is 0 Å². The van der Waals surface area contributed by atoms with Crippen LogP contribution in [0.5, 0.6) is 0 Å². The first-order chi connectivity index (χ1) is 8.29. The zero-order chi connectivity index (χ0) is 12.1. The minimum Gasteiger partial charge on any atom is -0.481 e. The number of likely N-dealkylation sites (tertiary alicyclic amines) is 1. The fourth-order valence-corrected chi connectivity index (χ4v) is 3.44. The van der Waals surface area contributed by atoms with E-state index in [9.17, 15) is 9.90 Å². The van der Waals surface area contributed by atoms with Gasteiger partial charge in [0.1, 0.15) is 0 Å². The second-order valence-corrected chi connectivity index (χ2v) is 5.60. The predicted molar refractivity (Wildman–Crippen MR) is 68.0 cm³/mol. The molecule has 0 aromatic heterocycles. The third-order valence-corrected chi connectivity index (χ3v) is 4.41. The van der Waals surface area contributed by atoms with Gasteiger partial charge in [0.25, 0.3) is 0 Å². The number of aliphatic carboxylic acids is 1. The maximum Gasteiger partial charge on any atom is 0.308 e. The van der Waals surface area contributed by atoms with E-state index in [4.69, 9.17) is 0 Å². The van der Waals surface area contributed by atoms with Crippen molar-refractivity contribution >= 4 is 5.97 Å². The van der Waals surface area contributed by atoms with Gasteiger partial charge in [-0.2, -0.15) is 0 Å². The lowest BCUT2D eigenvalue weighted by molar-refractivity contribution is -0.144. The first kappa shape index (κ1) is 12.9. The van der Waals surface area contributed by atoms with Crippen LogP contribution in [0.1, 0.15) is 57.8 Å². The van der Waals surface area contributed by atoms with E-state index in [1.165, 1.54) is 38.5 Å². The van der Waals surface area contributed by atoms with Gasteiger partial charge >= 0.3 is 5.97 Å². The molecule has 2 rings (SSSR count). The summed E-state index contributed by atoms with van der Waals surface area (Å²) in [4.78, 5) is 13.9. The average Bonchev–Trinajstić information content (AvgIpc) is 2.71. The van der Waals surface area contributed by atoms with E-state index >= 15 is 0 Å². The number of carbonyl (C=O) groups is 1. The summed E-state index contributed by atoms with van der Waals surface area (Å²) in [7, 11) is 0. The highest BCUT2D eigenvalue weighted by molar-refractivity contribution is 5.70. The molecule has 1 aliphatic carbocycles. The van der Waals surface area contributed by atoms with Gasteiger partial charge < -0.3 is 5.11 Å². The molecule has 1 saturated heterocycles. The van der Waals surface area contributed by atoms with Crippen molar-refractivity contribution in [3.8, 4) is 0 Å². The lowest BCUT2D eigenvalue weighted by Crippen LogP contribution is -2.43. The summed E-state index contributed by atoms with van der Waals surface area (Å²) in [5.74, 6) is -0.684. The summed E-state index contributed by atoms with van der Waals surface area (Å²) >= 11 is 0. The van der Waals surface area contributed by atoms with E-state index < -0.39 is 5.97 Å². The Labute approximate surface area is 104 Å². The summed E-state index contributed by atoms with van der Waals surface area (Å²) in [5, 5.41) is 9.41. The highest BCUT2D eigenvalue weighted by atomic mass is 16.4. The average molecular weight is 239 g/mol. The van der Waals surface area contributed by atoms with Crippen LogP contribution in [0, 0.1) is 5.92 Å². The second-order valence-electron chi connectivity index (χ2n) is 5.60. The highest BCUT2D eigenvalue weighted by Gasteiger charge is 2.33. The van der Waals surface area contributed by atoms with Crippen molar-refractivity contribution in [1.29, 1.82) is 0 Å². The minimum atomic E-state index is -0.568. The van der Waals surface area contributed by atoms with Crippen LogP contribution in [0.4, 0.5) is 0 Å². The van der Waals surface area contributed by atoms with Gasteiger partial charge in [0, 0.05) is 6.04 Å². The monoisotopic (exact) mass is 239 g/mol. The summed E-state index contributed by atoms with van der Waals surface area (Å²) in [5.41, 5.74) is 0. The SMILES string of the molecule is O=C(O)C1CCCCCC1N1CCCCCC1. The lowest BCUT2D eigenvalue weighted by atomic mass is 9.93. The molecule has 0 aromatic carbocycles. The highest BCUT2D eigenvalue weighted by Crippen LogP contribution is 2.29. The molecular weight excluding hydrogens is 214 g/mol. The van der Waals surface area contributed by atoms with Gasteiger partial charge in [0.05, 0.1) is 5.92 Å². The van der Waals surface area contributed by atoms with Gasteiger partial charge in [-0.05, 0) is 38.8 Å². The maximum absolute atomic E-state index is 11.4. The Morgan fingerprint density at radius 1 is 0.882 bits per heavy atom. The van der Waals surface area contributed by atoms with E-state index in [-0.39, 0.29) is 5.92 Å². The van der Waals surface area contributed by atoms with Crippen LogP contribution >= 0.6 is 0 Å². The molecule has 2 atom stereocenters. The number of hydrogen-bond acceptors (Lipinski definition) is 2. The van der Waals surface area contributed by atoms with Crippen LogP contribution in [-0.4, -0.2) is 35.1 Å². The summed E-state index contributed by atoms with van der Waals surface area (Å²) < 4.78 is 0. The van der Waals surface area contributed by atoms with Crippen molar-refractivity contribution in [3.63, 3.8) is 0 Å². The normalized spacial score (nSPS) is 32.7. The Hall–Kier alpha value is -0.570. The van der Waals surface area contributed by atoms with Crippen LogP contribution in [0.15, 0.2) is 0 Å². The van der Waals surface area contributed by atoms with Crippen molar-refractivity contribution in [2.75, 3.05) is 13.1 Å². The van der Waals surface area contributed by atoms with E-state index in [0.717, 1.165) is 32.4 Å². The largest absolute Gasteiger partial charge is 0.481 e. The van der Waals surface area contributed by atoms with E-state index in [1.807, 2.05) is 0 Å². The van der Waals surface area contributed by atoms with Crippen LogP contribution in [0.2, 0.25) is 0 Å². The topological polar surface area (TPSA) is 40.5 Å². The molecule has 0 aromatic rings. The molecule has 1 N–H and O–H groups in total. The van der Waals surface area contributed by atoms with E-state index in [0.29, 0.717) is 6.04 Å². The van der Waals surface area contributed by atoms with Crippen LogP contribution < -0.4 is 0 Å². The molecule has 0 spiro atoms. The van der Waals surface area contributed by atoms with Gasteiger partial charge in [-0.25, -0.2) is 0 Å². The van der Waals surface area contributed by atoms with Crippen molar-refractivity contribution in [2.24, 2.45) is 5.92 Å². The molecule has 0 amide bonds. The first-order valence-corrected chi connectivity index (χ1v) is 7.26. The molecule has 98 valence electrons. The molecule has 2 unspecified atom stereocenters. The molecule has 3 nitrogen and oxygen atoms in total. The van der Waals surface area contributed by atoms with E-state index in [1.54, 1.807) is 0 Å². The standard InChI is InChI=1S/C14H25NO2/c16-14(17)12-8-4-3-5-9-13(12)15-10-6-1-2-7-11-15/h12-13H,1-11H2,(H,16,17). The number of hydrogen-bond donors (Lipinski definition) is 1. The van der Waals surface area contributed by atoms with Crippen molar-refractivity contribution in [1.82, 2.24) is 4.90 Å². The zero-order valence-corrected chi connectivity index (χ0v) is 10.7. The maximum atomic E-state index is 11.4. The molecule has 1 aliphatic heterocycles. The van der Waals surface area contributed by atoms with Gasteiger partial charge in [0.2, 0.25) is 0 Å². The Bertz CT molecular complexity index is 247. The molecule has 17 heavy (non-hydrogen) atoms. The number of carboxylic acid groups (broad SMARTS) is 1. The van der Waals surface area contributed by atoms with Gasteiger partial charge in [-0.3, -0.25) is 9.69 Å². The fourth-order valence-electron chi connectivity index (χ4n) is 3.44. The molecule has 0 bridgehead atoms. The smallest absolute Gasteiger partial charge is 0.308 e. The first-order valence-electron chi connectivity index (χ1n) is 7.26. The van der Waals surface area contributed by atoms with Crippen LogP contribution in [0.3, 0.4) is 0 Å². The third kappa shape index (κ3) is 3.44. The second kappa shape index (κ2) is 6.39. The van der Waals surface area contributed by atoms with E-state index in [2.05, 4.69) is 4.90 Å². The minimum absolute atomic E-state index is 0.115. The number of rotatable bonds is 2. The Morgan fingerprint density at radius 2 is 1.47 bits per heavy atom. The predicted octanol–water partition coefficient (Wildman–Crippen LogP) is 2.90. The van der Waals surface area contributed by atoms with Gasteiger partial charge in [0.15, 0.2) is 0 Å². The quantitative estimate of drug-likeness (QED) is 0.753. The molecule has 2 fully saturated rings. The summed E-state index contributed by atoms with van der Waals surface area (Å²) in [6, 6.07) is 0.313. The summed E-state index contributed by atoms with van der Waals surface area (Å²) in [6.45, 7) is 2.24. The van der Waals surface area contributed by atoms with Crippen molar-refractivity contribution < 1.29 is 9.90 Å². The zero-order valence-electron chi connectivity index (χ0n) is 10.7. The third-order valence-electron chi connectivity index (χ3n) is 4.41. The molecule has 1 saturated carbocycles. The number of nitrogens with zero attached hydrogens (tertiary/aromatic N) is 1. The van der Waals surface area contributed by atoms with Gasteiger partial charge in [-0.1, -0.05) is 32.1 Å². The fraction of sp³-hybridized carbons (Fsp3) is 0.929. The van der Waals surface area contributed by atoms with Crippen molar-refractivity contribution in [3.05, 3.63) is 0 Å². The van der Waals surface area contributed by atoms with Crippen molar-refractivity contribution in [2.45, 2.75) is 63.8 Å². The Kier molecular flexibility index (Phi) is 4.84. The molecule has 0 radical (unpaired) electrons. The number of carboxylic acids is 1. The Morgan fingerprint density at radius 3 is 2.12 bits per heavy atom. The summed E-state index contributed by atoms with van der Waals surface area (Å²) in [6.07, 6.45) is 10.7. The van der Waals surface area contributed by atoms with Crippen LogP contribution in [0.25, 0.3) is 0 Å². The molecule has 1 heterocycles. The van der Waals surface area contributed by atoms with Crippen LogP contribution in [-0.2, 0) is 4.79 Å². The molecule has 3 heteroatoms. The lowest BCUT2D eigenvalue weighted by Gasteiger charge is -2.33. The Balaban J connectivity index is 2.04. The molecule has 2 aliphatic rings.